The van der Waals surface area contributed by atoms with Crippen LogP contribution in [0, 0.1) is 0 Å². The Morgan fingerprint density at radius 2 is 1.84 bits per heavy atom. The van der Waals surface area contributed by atoms with E-state index in [1.54, 1.807) is 24.1 Å². The molecule has 160 valence electrons. The van der Waals surface area contributed by atoms with Crippen LogP contribution in [0.2, 0.25) is 0 Å². The van der Waals surface area contributed by atoms with E-state index in [9.17, 15) is 9.59 Å². The minimum Gasteiger partial charge on any atom is -0.497 e. The van der Waals surface area contributed by atoms with Crippen LogP contribution < -0.4 is 10.1 Å². The molecule has 31 heavy (non-hydrogen) atoms. The normalized spacial score (nSPS) is 14.7. The number of hydrogen-bond acceptors (Lipinski definition) is 6. The van der Waals surface area contributed by atoms with Gasteiger partial charge in [0.15, 0.2) is 11.5 Å². The molecular weight excluding hydrogens is 398 g/mol. The van der Waals surface area contributed by atoms with Crippen molar-refractivity contribution in [3.8, 4) is 17.1 Å². The summed E-state index contributed by atoms with van der Waals surface area (Å²) in [7, 11) is 1.58. The third-order valence-corrected chi connectivity index (χ3v) is 5.08. The van der Waals surface area contributed by atoms with Gasteiger partial charge in [-0.25, -0.2) is 0 Å². The van der Waals surface area contributed by atoms with Crippen LogP contribution >= 0.6 is 0 Å². The molecule has 1 saturated heterocycles. The maximum atomic E-state index is 13.2. The van der Waals surface area contributed by atoms with Crippen molar-refractivity contribution in [2.24, 2.45) is 0 Å². The van der Waals surface area contributed by atoms with E-state index in [1.807, 2.05) is 48.5 Å². The molecule has 0 aliphatic carbocycles. The van der Waals surface area contributed by atoms with E-state index in [-0.39, 0.29) is 11.6 Å². The minimum absolute atomic E-state index is 0.0912. The molecule has 0 unspecified atom stereocenters. The molecule has 1 atom stereocenters. The fourth-order valence-electron chi connectivity index (χ4n) is 3.40. The van der Waals surface area contributed by atoms with E-state index in [1.165, 1.54) is 0 Å². The average Bonchev–Trinajstić information content (AvgIpc) is 3.34. The number of carbonyl (C=O) groups excluding carboxylic acids is 2. The SMILES string of the molecule is COc1cccc(-c2cc(C(=O)N[C@H](C(=O)N3CCOCC3)c3ccccc3)no2)c1. The highest BCUT2D eigenvalue weighted by Gasteiger charge is 2.29. The maximum absolute atomic E-state index is 13.2. The first-order valence-corrected chi connectivity index (χ1v) is 9.99. The van der Waals surface area contributed by atoms with Crippen molar-refractivity contribution in [2.45, 2.75) is 6.04 Å². The highest BCUT2D eigenvalue weighted by atomic mass is 16.5. The molecule has 2 heterocycles. The van der Waals surface area contributed by atoms with Crippen LogP contribution in [-0.4, -0.2) is 55.3 Å². The second-order valence-electron chi connectivity index (χ2n) is 7.06. The van der Waals surface area contributed by atoms with E-state index in [0.29, 0.717) is 43.4 Å². The summed E-state index contributed by atoms with van der Waals surface area (Å²) in [5.41, 5.74) is 1.52. The summed E-state index contributed by atoms with van der Waals surface area (Å²) in [5.74, 6) is 0.424. The Labute approximate surface area is 179 Å². The Bertz CT molecular complexity index is 1040. The molecule has 1 fully saturated rings. The number of nitrogens with zero attached hydrogens (tertiary/aromatic N) is 2. The lowest BCUT2D eigenvalue weighted by molar-refractivity contribution is -0.137. The van der Waals surface area contributed by atoms with Gasteiger partial charge in [0.1, 0.15) is 11.8 Å². The van der Waals surface area contributed by atoms with Gasteiger partial charge in [-0.2, -0.15) is 0 Å². The Balaban J connectivity index is 1.55. The molecule has 2 amide bonds. The molecule has 0 bridgehead atoms. The lowest BCUT2D eigenvalue weighted by atomic mass is 10.0. The first-order chi connectivity index (χ1) is 15.2. The lowest BCUT2D eigenvalue weighted by Gasteiger charge is -2.30. The van der Waals surface area contributed by atoms with Crippen molar-refractivity contribution in [2.75, 3.05) is 33.4 Å². The van der Waals surface area contributed by atoms with E-state index < -0.39 is 11.9 Å². The topological polar surface area (TPSA) is 93.9 Å². The summed E-state index contributed by atoms with van der Waals surface area (Å²) in [6, 6.07) is 17.1. The highest BCUT2D eigenvalue weighted by Crippen LogP contribution is 2.25. The number of nitrogens with one attached hydrogen (secondary N) is 1. The molecule has 2 aromatic carbocycles. The summed E-state index contributed by atoms with van der Waals surface area (Å²) in [6.45, 7) is 1.94. The van der Waals surface area contributed by atoms with E-state index in [0.717, 1.165) is 5.56 Å². The molecule has 3 aromatic rings. The van der Waals surface area contributed by atoms with Crippen molar-refractivity contribution in [3.63, 3.8) is 0 Å². The second-order valence-corrected chi connectivity index (χ2v) is 7.06. The second kappa shape index (κ2) is 9.44. The lowest BCUT2D eigenvalue weighted by Crippen LogP contribution is -2.47. The summed E-state index contributed by atoms with van der Waals surface area (Å²) >= 11 is 0. The molecule has 8 heteroatoms. The number of morpholine rings is 1. The molecule has 1 aliphatic heterocycles. The number of hydrogen-bond donors (Lipinski definition) is 1. The molecule has 4 rings (SSSR count). The molecule has 0 saturated carbocycles. The number of methoxy groups -OCH3 is 1. The first-order valence-electron chi connectivity index (χ1n) is 9.99. The quantitative estimate of drug-likeness (QED) is 0.658. The predicted molar refractivity (Wildman–Crippen MR) is 113 cm³/mol. The third-order valence-electron chi connectivity index (χ3n) is 5.08. The van der Waals surface area contributed by atoms with Gasteiger partial charge in [-0.3, -0.25) is 9.59 Å². The summed E-state index contributed by atoms with van der Waals surface area (Å²) in [5, 5.41) is 6.71. The molecule has 1 N–H and O–H groups in total. The summed E-state index contributed by atoms with van der Waals surface area (Å²) in [4.78, 5) is 27.8. The van der Waals surface area contributed by atoms with Crippen molar-refractivity contribution >= 4 is 11.8 Å². The average molecular weight is 421 g/mol. The molecule has 1 aromatic heterocycles. The van der Waals surface area contributed by atoms with Gasteiger partial charge in [-0.1, -0.05) is 47.6 Å². The van der Waals surface area contributed by atoms with Crippen LogP contribution in [-0.2, 0) is 9.53 Å². The Kier molecular flexibility index (Phi) is 6.28. The zero-order valence-corrected chi connectivity index (χ0v) is 17.1. The van der Waals surface area contributed by atoms with Gasteiger partial charge in [0.2, 0.25) is 5.91 Å². The zero-order valence-electron chi connectivity index (χ0n) is 17.1. The van der Waals surface area contributed by atoms with Crippen molar-refractivity contribution in [1.29, 1.82) is 0 Å². The van der Waals surface area contributed by atoms with Crippen LogP contribution in [0.15, 0.2) is 65.2 Å². The molecular formula is C23H23N3O5. The van der Waals surface area contributed by atoms with Crippen molar-refractivity contribution in [3.05, 3.63) is 71.9 Å². The number of benzene rings is 2. The number of ether oxygens (including phenoxy) is 2. The van der Waals surface area contributed by atoms with Crippen molar-refractivity contribution < 1.29 is 23.6 Å². The summed E-state index contributed by atoms with van der Waals surface area (Å²) < 4.78 is 15.9. The Morgan fingerprint density at radius 1 is 1.06 bits per heavy atom. The fraction of sp³-hybridized carbons (Fsp3) is 0.261. The van der Waals surface area contributed by atoms with Crippen LogP contribution in [0.4, 0.5) is 0 Å². The monoisotopic (exact) mass is 421 g/mol. The van der Waals surface area contributed by atoms with Crippen LogP contribution in [0.1, 0.15) is 22.1 Å². The number of rotatable bonds is 6. The molecule has 0 radical (unpaired) electrons. The first kappa shape index (κ1) is 20.6. The van der Waals surface area contributed by atoms with E-state index in [4.69, 9.17) is 14.0 Å². The van der Waals surface area contributed by atoms with Gasteiger partial charge < -0.3 is 24.2 Å². The standard InChI is InChI=1S/C23H23N3O5/c1-29-18-9-5-8-17(14-18)20-15-19(25-31-20)22(27)24-21(16-6-3-2-4-7-16)23(28)26-10-12-30-13-11-26/h2-9,14-15,21H,10-13H2,1H3,(H,24,27)/t21-/m0/s1. The Morgan fingerprint density at radius 3 is 2.58 bits per heavy atom. The van der Waals surface area contributed by atoms with Gasteiger partial charge in [0.05, 0.1) is 20.3 Å². The van der Waals surface area contributed by atoms with E-state index in [2.05, 4.69) is 10.5 Å². The molecule has 8 nitrogen and oxygen atoms in total. The number of carbonyl (C=O) groups is 2. The number of amides is 2. The van der Waals surface area contributed by atoms with Crippen LogP contribution in [0.5, 0.6) is 5.75 Å². The van der Waals surface area contributed by atoms with Gasteiger partial charge >= 0.3 is 0 Å². The number of aromatic nitrogens is 1. The largest absolute Gasteiger partial charge is 0.497 e. The maximum Gasteiger partial charge on any atom is 0.274 e. The fourth-order valence-corrected chi connectivity index (χ4v) is 3.40. The molecule has 1 aliphatic rings. The highest BCUT2D eigenvalue weighted by molar-refractivity contribution is 5.97. The zero-order chi connectivity index (χ0) is 21.6. The van der Waals surface area contributed by atoms with Gasteiger partial charge in [0, 0.05) is 24.7 Å². The van der Waals surface area contributed by atoms with E-state index >= 15 is 0 Å². The van der Waals surface area contributed by atoms with Crippen molar-refractivity contribution in [1.82, 2.24) is 15.4 Å². The van der Waals surface area contributed by atoms with Gasteiger partial charge in [-0.05, 0) is 17.7 Å². The van der Waals surface area contributed by atoms with Gasteiger partial charge in [0.25, 0.3) is 5.91 Å². The van der Waals surface area contributed by atoms with Crippen LogP contribution in [0.3, 0.4) is 0 Å². The molecule has 0 spiro atoms. The minimum atomic E-state index is -0.830. The van der Waals surface area contributed by atoms with Crippen LogP contribution in [0.25, 0.3) is 11.3 Å². The van der Waals surface area contributed by atoms with Gasteiger partial charge in [-0.15, -0.1) is 0 Å². The smallest absolute Gasteiger partial charge is 0.274 e. The Hall–Kier alpha value is -3.65. The predicted octanol–water partition coefficient (Wildman–Crippen LogP) is 2.68. The summed E-state index contributed by atoms with van der Waals surface area (Å²) in [6.07, 6.45) is 0. The third kappa shape index (κ3) is 4.75.